The predicted molar refractivity (Wildman–Crippen MR) is 101 cm³/mol. The molecule has 0 aromatic heterocycles. The van der Waals surface area contributed by atoms with E-state index in [0.29, 0.717) is 25.4 Å². The molecule has 0 N–H and O–H groups in total. The summed E-state index contributed by atoms with van der Waals surface area (Å²) in [6.45, 7) is 5.06. The van der Waals surface area contributed by atoms with Crippen molar-refractivity contribution >= 4 is 6.09 Å². The van der Waals surface area contributed by atoms with E-state index < -0.39 is 17.8 Å². The Morgan fingerprint density at radius 2 is 1.93 bits per heavy atom. The van der Waals surface area contributed by atoms with E-state index >= 15 is 0 Å². The fraction of sp³-hybridized carbons (Fsp3) is 0.667. The van der Waals surface area contributed by atoms with Crippen LogP contribution < -0.4 is 4.74 Å². The fourth-order valence-corrected chi connectivity index (χ4v) is 3.42. The lowest BCUT2D eigenvalue weighted by Crippen LogP contribution is -2.39. The zero-order valence-electron chi connectivity index (χ0n) is 16.6. The molecule has 1 aromatic rings. The Labute approximate surface area is 165 Å². The molecule has 1 amide bonds. The number of ether oxygens (including phenoxy) is 2. The van der Waals surface area contributed by atoms with Crippen LogP contribution in [0.15, 0.2) is 24.3 Å². The van der Waals surface area contributed by atoms with Gasteiger partial charge in [-0.15, -0.1) is 0 Å². The Balaban J connectivity index is 1.87. The molecular formula is C21H30F3NO3. The highest BCUT2D eigenvalue weighted by Gasteiger charge is 2.30. The zero-order valence-corrected chi connectivity index (χ0v) is 16.6. The minimum atomic E-state index is -4.42. The number of nitrogens with zero attached hydrogens (tertiary/aromatic N) is 1. The van der Waals surface area contributed by atoms with E-state index in [1.807, 2.05) is 13.8 Å². The first kappa shape index (κ1) is 22.4. The molecule has 158 valence electrons. The summed E-state index contributed by atoms with van der Waals surface area (Å²) in [7, 11) is 0. The minimum absolute atomic E-state index is 0.0184. The molecule has 0 radical (unpaired) electrons. The molecule has 1 unspecified atom stereocenters. The van der Waals surface area contributed by atoms with E-state index in [9.17, 15) is 18.0 Å². The molecule has 1 saturated carbocycles. The number of hydrogen-bond acceptors (Lipinski definition) is 3. The van der Waals surface area contributed by atoms with Crippen LogP contribution in [0, 0.1) is 5.92 Å². The van der Waals surface area contributed by atoms with Gasteiger partial charge in [0.25, 0.3) is 0 Å². The minimum Gasteiger partial charge on any atom is -0.490 e. The van der Waals surface area contributed by atoms with Gasteiger partial charge in [-0.1, -0.05) is 32.3 Å². The predicted octanol–water partition coefficient (Wildman–Crippen LogP) is 5.90. The Morgan fingerprint density at radius 1 is 1.21 bits per heavy atom. The molecule has 0 bridgehead atoms. The van der Waals surface area contributed by atoms with Crippen molar-refractivity contribution in [1.29, 1.82) is 0 Å². The normalized spacial score (nSPS) is 16.5. The summed E-state index contributed by atoms with van der Waals surface area (Å²) in [4.78, 5) is 14.2. The van der Waals surface area contributed by atoms with E-state index in [2.05, 4.69) is 0 Å². The van der Waals surface area contributed by atoms with Crippen molar-refractivity contribution in [3.63, 3.8) is 0 Å². The van der Waals surface area contributed by atoms with Crippen LogP contribution in [-0.2, 0) is 10.9 Å². The summed E-state index contributed by atoms with van der Waals surface area (Å²) >= 11 is 0. The standard InChI is InChI=1S/C21H30F3NO3/c1-3-18(15-27-19-12-8-11-17(13-19)21(22,23)24)28-20(26)25(4-2)14-16-9-6-5-7-10-16/h8,11-13,16,18H,3-7,9-10,14-15H2,1-2H3. The third kappa shape index (κ3) is 6.91. The maximum absolute atomic E-state index is 12.8. The number of rotatable bonds is 8. The maximum atomic E-state index is 12.8. The van der Waals surface area contributed by atoms with E-state index in [-0.39, 0.29) is 18.4 Å². The molecule has 28 heavy (non-hydrogen) atoms. The molecule has 1 atom stereocenters. The van der Waals surface area contributed by atoms with Gasteiger partial charge < -0.3 is 14.4 Å². The number of amides is 1. The van der Waals surface area contributed by atoms with Gasteiger partial charge in [-0.3, -0.25) is 0 Å². The smallest absolute Gasteiger partial charge is 0.416 e. The van der Waals surface area contributed by atoms with Gasteiger partial charge in [-0.25, -0.2) is 4.79 Å². The Morgan fingerprint density at radius 3 is 2.54 bits per heavy atom. The van der Waals surface area contributed by atoms with E-state index in [1.165, 1.54) is 31.4 Å². The van der Waals surface area contributed by atoms with Gasteiger partial charge in [0.05, 0.1) is 5.56 Å². The van der Waals surface area contributed by atoms with Crippen molar-refractivity contribution in [2.24, 2.45) is 5.92 Å². The summed E-state index contributed by atoms with van der Waals surface area (Å²) in [5.74, 6) is 0.626. The lowest BCUT2D eigenvalue weighted by Gasteiger charge is -2.29. The van der Waals surface area contributed by atoms with Gasteiger partial charge in [0.1, 0.15) is 18.5 Å². The second-order valence-corrected chi connectivity index (χ2v) is 7.29. The molecule has 0 saturated heterocycles. The molecule has 2 rings (SSSR count). The van der Waals surface area contributed by atoms with Crippen molar-refractivity contribution in [3.05, 3.63) is 29.8 Å². The molecule has 0 spiro atoms. The lowest BCUT2D eigenvalue weighted by atomic mass is 9.89. The number of hydrogen-bond donors (Lipinski definition) is 0. The average Bonchev–Trinajstić information content (AvgIpc) is 2.69. The van der Waals surface area contributed by atoms with E-state index in [4.69, 9.17) is 9.47 Å². The van der Waals surface area contributed by atoms with Crippen LogP contribution >= 0.6 is 0 Å². The number of carbonyl (C=O) groups is 1. The lowest BCUT2D eigenvalue weighted by molar-refractivity contribution is -0.137. The van der Waals surface area contributed by atoms with Crippen LogP contribution in [0.2, 0.25) is 0 Å². The Bertz CT molecular complexity index is 615. The number of carbonyl (C=O) groups excluding carboxylic acids is 1. The highest BCUT2D eigenvalue weighted by molar-refractivity contribution is 5.67. The third-order valence-electron chi connectivity index (χ3n) is 5.16. The van der Waals surface area contributed by atoms with Gasteiger partial charge in [0, 0.05) is 13.1 Å². The first-order chi connectivity index (χ1) is 13.3. The van der Waals surface area contributed by atoms with Gasteiger partial charge >= 0.3 is 12.3 Å². The van der Waals surface area contributed by atoms with Crippen molar-refractivity contribution < 1.29 is 27.4 Å². The summed E-state index contributed by atoms with van der Waals surface area (Å²) in [6.07, 6.45) is 1.16. The fourth-order valence-electron chi connectivity index (χ4n) is 3.42. The molecule has 0 aliphatic heterocycles. The molecule has 4 nitrogen and oxygen atoms in total. The second kappa shape index (κ2) is 10.6. The van der Waals surface area contributed by atoms with Crippen molar-refractivity contribution in [2.45, 2.75) is 64.7 Å². The SMILES string of the molecule is CCC(COc1cccc(C(F)(F)F)c1)OC(=O)N(CC)CC1CCCCC1. The summed E-state index contributed by atoms with van der Waals surface area (Å²) in [6, 6.07) is 4.71. The highest BCUT2D eigenvalue weighted by Crippen LogP contribution is 2.31. The third-order valence-corrected chi connectivity index (χ3v) is 5.16. The second-order valence-electron chi connectivity index (χ2n) is 7.29. The molecule has 1 fully saturated rings. The van der Waals surface area contributed by atoms with Crippen LogP contribution in [0.4, 0.5) is 18.0 Å². The first-order valence-electron chi connectivity index (χ1n) is 10.1. The maximum Gasteiger partial charge on any atom is 0.416 e. The van der Waals surface area contributed by atoms with Crippen LogP contribution in [0.25, 0.3) is 0 Å². The van der Waals surface area contributed by atoms with Gasteiger partial charge in [-0.05, 0) is 50.3 Å². The molecule has 1 aliphatic rings. The van der Waals surface area contributed by atoms with E-state index in [0.717, 1.165) is 25.0 Å². The topological polar surface area (TPSA) is 38.8 Å². The monoisotopic (exact) mass is 401 g/mol. The molecule has 1 aromatic carbocycles. The van der Waals surface area contributed by atoms with Crippen molar-refractivity contribution in [2.75, 3.05) is 19.7 Å². The highest BCUT2D eigenvalue weighted by atomic mass is 19.4. The van der Waals surface area contributed by atoms with Crippen LogP contribution in [0.1, 0.15) is 57.9 Å². The molecule has 7 heteroatoms. The molecular weight excluding hydrogens is 371 g/mol. The van der Waals surface area contributed by atoms with Crippen molar-refractivity contribution in [1.82, 2.24) is 4.90 Å². The van der Waals surface area contributed by atoms with E-state index in [1.54, 1.807) is 4.90 Å². The average molecular weight is 401 g/mol. The van der Waals surface area contributed by atoms with Crippen LogP contribution in [0.5, 0.6) is 5.75 Å². The summed E-state index contributed by atoms with van der Waals surface area (Å²) in [5, 5.41) is 0. The quantitative estimate of drug-likeness (QED) is 0.544. The number of halogens is 3. The van der Waals surface area contributed by atoms with Gasteiger partial charge in [0.2, 0.25) is 0 Å². The van der Waals surface area contributed by atoms with Gasteiger partial charge in [0.15, 0.2) is 0 Å². The largest absolute Gasteiger partial charge is 0.490 e. The van der Waals surface area contributed by atoms with Gasteiger partial charge in [-0.2, -0.15) is 13.2 Å². The van der Waals surface area contributed by atoms with Crippen LogP contribution in [0.3, 0.4) is 0 Å². The summed E-state index contributed by atoms with van der Waals surface area (Å²) in [5.41, 5.74) is -0.764. The first-order valence-corrected chi connectivity index (χ1v) is 10.1. The van der Waals surface area contributed by atoms with Crippen molar-refractivity contribution in [3.8, 4) is 5.75 Å². The summed E-state index contributed by atoms with van der Waals surface area (Å²) < 4.78 is 49.4. The Hall–Kier alpha value is -1.92. The Kier molecular flexibility index (Phi) is 8.45. The molecule has 1 aliphatic carbocycles. The number of benzene rings is 1. The molecule has 0 heterocycles. The zero-order chi connectivity index (χ0) is 20.6. The van der Waals surface area contributed by atoms with Crippen LogP contribution in [-0.4, -0.2) is 36.8 Å². The number of alkyl halides is 3.